The lowest BCUT2D eigenvalue weighted by Crippen LogP contribution is -2.62. The number of alkyl halides is 3. The van der Waals surface area contributed by atoms with E-state index in [2.05, 4.69) is 0 Å². The summed E-state index contributed by atoms with van der Waals surface area (Å²) in [5, 5.41) is 8.55. The SMILES string of the molecule is CC(N)(C(=O)O)C(CF)(CF)CF. The highest BCUT2D eigenvalue weighted by Crippen LogP contribution is 2.32. The van der Waals surface area contributed by atoms with Gasteiger partial charge >= 0.3 is 5.97 Å². The van der Waals surface area contributed by atoms with E-state index in [-0.39, 0.29) is 0 Å². The maximum atomic E-state index is 12.3. The number of hydrogen-bond donors (Lipinski definition) is 2. The van der Waals surface area contributed by atoms with Crippen LogP contribution in [-0.2, 0) is 4.79 Å². The van der Waals surface area contributed by atoms with Gasteiger partial charge in [0.15, 0.2) is 0 Å². The van der Waals surface area contributed by atoms with E-state index in [0.29, 0.717) is 0 Å². The summed E-state index contributed by atoms with van der Waals surface area (Å²) in [4.78, 5) is 10.5. The molecule has 1 atom stereocenters. The van der Waals surface area contributed by atoms with Crippen LogP contribution in [-0.4, -0.2) is 36.6 Å². The van der Waals surface area contributed by atoms with Crippen LogP contribution in [0.15, 0.2) is 0 Å². The van der Waals surface area contributed by atoms with E-state index in [1.807, 2.05) is 0 Å². The van der Waals surface area contributed by atoms with Crippen molar-refractivity contribution in [3.63, 3.8) is 0 Å². The number of halogens is 3. The number of carbonyl (C=O) groups is 1. The zero-order chi connectivity index (χ0) is 10.7. The number of carboxylic acids is 1. The van der Waals surface area contributed by atoms with E-state index >= 15 is 0 Å². The van der Waals surface area contributed by atoms with E-state index in [0.717, 1.165) is 6.92 Å². The van der Waals surface area contributed by atoms with Crippen molar-refractivity contribution in [1.82, 2.24) is 0 Å². The molecule has 6 heteroatoms. The zero-order valence-corrected chi connectivity index (χ0v) is 7.19. The van der Waals surface area contributed by atoms with Crippen LogP contribution in [0.25, 0.3) is 0 Å². The van der Waals surface area contributed by atoms with Crippen molar-refractivity contribution in [2.24, 2.45) is 11.1 Å². The van der Waals surface area contributed by atoms with Gasteiger partial charge in [-0.2, -0.15) is 0 Å². The van der Waals surface area contributed by atoms with Crippen LogP contribution in [0.4, 0.5) is 13.2 Å². The minimum Gasteiger partial charge on any atom is -0.480 e. The molecule has 0 aromatic carbocycles. The first-order chi connectivity index (χ1) is 5.88. The number of aliphatic carboxylic acids is 1. The minimum atomic E-state index is -2.28. The summed E-state index contributed by atoms with van der Waals surface area (Å²) >= 11 is 0. The molecule has 0 saturated carbocycles. The predicted octanol–water partition coefficient (Wildman–Crippen LogP) is 0.683. The molecule has 0 heterocycles. The van der Waals surface area contributed by atoms with Crippen molar-refractivity contribution >= 4 is 5.97 Å². The second-order valence-corrected chi connectivity index (χ2v) is 3.19. The lowest BCUT2D eigenvalue weighted by Gasteiger charge is -2.37. The van der Waals surface area contributed by atoms with Gasteiger partial charge in [-0.3, -0.25) is 18.0 Å². The van der Waals surface area contributed by atoms with Crippen molar-refractivity contribution in [2.75, 3.05) is 20.0 Å². The van der Waals surface area contributed by atoms with Gasteiger partial charge in [-0.1, -0.05) is 0 Å². The maximum Gasteiger partial charge on any atom is 0.324 e. The molecule has 13 heavy (non-hydrogen) atoms. The average Bonchev–Trinajstić information content (AvgIpc) is 2.08. The molecule has 0 rings (SSSR count). The van der Waals surface area contributed by atoms with Gasteiger partial charge in [-0.05, 0) is 6.92 Å². The molecule has 0 radical (unpaired) electrons. The Morgan fingerprint density at radius 3 is 1.69 bits per heavy atom. The average molecular weight is 199 g/mol. The van der Waals surface area contributed by atoms with Crippen LogP contribution in [0.1, 0.15) is 6.92 Å². The minimum absolute atomic E-state index is 0.897. The summed E-state index contributed by atoms with van der Waals surface area (Å²) in [6.07, 6.45) is 0. The van der Waals surface area contributed by atoms with Gasteiger partial charge in [-0.25, -0.2) is 0 Å². The molecule has 0 aromatic heterocycles. The van der Waals surface area contributed by atoms with Crippen LogP contribution >= 0.6 is 0 Å². The summed E-state index contributed by atoms with van der Waals surface area (Å²) in [7, 11) is 0. The normalized spacial score (nSPS) is 16.7. The molecule has 0 spiro atoms. The lowest BCUT2D eigenvalue weighted by molar-refractivity contribution is -0.150. The van der Waals surface area contributed by atoms with E-state index in [1.165, 1.54) is 0 Å². The third-order valence-corrected chi connectivity index (χ3v) is 2.31. The molecular formula is C7H12F3NO2. The topological polar surface area (TPSA) is 63.3 Å². The van der Waals surface area contributed by atoms with Crippen molar-refractivity contribution in [3.05, 3.63) is 0 Å². The highest BCUT2D eigenvalue weighted by Gasteiger charge is 2.52. The van der Waals surface area contributed by atoms with Gasteiger partial charge < -0.3 is 10.8 Å². The van der Waals surface area contributed by atoms with Crippen LogP contribution in [0.5, 0.6) is 0 Å². The fraction of sp³-hybridized carbons (Fsp3) is 0.857. The molecule has 3 N–H and O–H groups in total. The molecular weight excluding hydrogens is 187 g/mol. The van der Waals surface area contributed by atoms with Crippen LogP contribution in [0.2, 0.25) is 0 Å². The first kappa shape index (κ1) is 12.2. The van der Waals surface area contributed by atoms with E-state index < -0.39 is 36.9 Å². The van der Waals surface area contributed by atoms with Crippen molar-refractivity contribution in [2.45, 2.75) is 12.5 Å². The van der Waals surface area contributed by atoms with Gasteiger partial charge in [0.2, 0.25) is 0 Å². The van der Waals surface area contributed by atoms with E-state index in [9.17, 15) is 18.0 Å². The fourth-order valence-corrected chi connectivity index (χ4v) is 0.750. The summed E-state index contributed by atoms with van der Waals surface area (Å²) in [5.41, 5.74) is 0.627. The Kier molecular flexibility index (Phi) is 3.71. The molecule has 0 aromatic rings. The van der Waals surface area contributed by atoms with Crippen LogP contribution < -0.4 is 5.73 Å². The Labute approximate surface area is 73.7 Å². The first-order valence-corrected chi connectivity index (χ1v) is 3.58. The van der Waals surface area contributed by atoms with Crippen molar-refractivity contribution < 1.29 is 23.1 Å². The summed E-state index contributed by atoms with van der Waals surface area (Å²) in [5.74, 6) is -1.62. The molecule has 0 bridgehead atoms. The van der Waals surface area contributed by atoms with Crippen LogP contribution in [0, 0.1) is 5.41 Å². The summed E-state index contributed by atoms with van der Waals surface area (Å²) in [6, 6.07) is 0. The van der Waals surface area contributed by atoms with E-state index in [4.69, 9.17) is 10.8 Å². The summed E-state index contributed by atoms with van der Waals surface area (Å²) in [6.45, 7) is -3.44. The second kappa shape index (κ2) is 3.95. The molecule has 0 amide bonds. The smallest absolute Gasteiger partial charge is 0.324 e. The Hall–Kier alpha value is -0.780. The van der Waals surface area contributed by atoms with Crippen LogP contribution in [0.3, 0.4) is 0 Å². The number of rotatable bonds is 5. The lowest BCUT2D eigenvalue weighted by atomic mass is 9.73. The molecule has 78 valence electrons. The fourth-order valence-electron chi connectivity index (χ4n) is 0.750. The molecule has 0 aliphatic carbocycles. The number of hydrogen-bond acceptors (Lipinski definition) is 2. The maximum absolute atomic E-state index is 12.3. The zero-order valence-electron chi connectivity index (χ0n) is 7.19. The molecule has 3 nitrogen and oxygen atoms in total. The largest absolute Gasteiger partial charge is 0.480 e. The van der Waals surface area contributed by atoms with Gasteiger partial charge in [0.25, 0.3) is 0 Å². The van der Waals surface area contributed by atoms with Gasteiger partial charge in [-0.15, -0.1) is 0 Å². The molecule has 0 aliphatic heterocycles. The first-order valence-electron chi connectivity index (χ1n) is 3.58. The third kappa shape index (κ3) is 1.77. The number of nitrogens with two attached hydrogens (primary N) is 1. The Balaban J connectivity index is 5.02. The molecule has 1 unspecified atom stereocenters. The summed E-state index contributed by atoms with van der Waals surface area (Å²) < 4.78 is 37.0. The van der Waals surface area contributed by atoms with Crippen molar-refractivity contribution in [1.29, 1.82) is 0 Å². The number of carboxylic acid groups (broad SMARTS) is 1. The van der Waals surface area contributed by atoms with Gasteiger partial charge in [0.1, 0.15) is 25.6 Å². The van der Waals surface area contributed by atoms with E-state index in [1.54, 1.807) is 0 Å². The quantitative estimate of drug-likeness (QED) is 0.684. The Bertz CT molecular complexity index is 184. The standard InChI is InChI=1S/C7H12F3NO2/c1-6(11,5(12)13)7(2-8,3-9)4-10/h2-4,11H2,1H3,(H,12,13). The third-order valence-electron chi connectivity index (χ3n) is 2.31. The Morgan fingerprint density at radius 1 is 1.31 bits per heavy atom. The van der Waals surface area contributed by atoms with Gasteiger partial charge in [0, 0.05) is 0 Å². The Morgan fingerprint density at radius 2 is 1.62 bits per heavy atom. The highest BCUT2D eigenvalue weighted by molar-refractivity contribution is 5.79. The monoisotopic (exact) mass is 199 g/mol. The molecule has 0 saturated heterocycles. The highest BCUT2D eigenvalue weighted by atomic mass is 19.1. The molecule has 0 aliphatic rings. The van der Waals surface area contributed by atoms with Gasteiger partial charge in [0.05, 0.1) is 5.41 Å². The second-order valence-electron chi connectivity index (χ2n) is 3.19. The molecule has 0 fully saturated rings. The van der Waals surface area contributed by atoms with Crippen molar-refractivity contribution in [3.8, 4) is 0 Å². The predicted molar refractivity (Wildman–Crippen MR) is 40.6 cm³/mol.